The summed E-state index contributed by atoms with van der Waals surface area (Å²) >= 11 is 0. The Morgan fingerprint density at radius 3 is 2.74 bits per heavy atom. The van der Waals surface area contributed by atoms with E-state index in [4.69, 9.17) is 4.74 Å². The van der Waals surface area contributed by atoms with E-state index in [1.54, 1.807) is 0 Å². The number of hydrogen-bond acceptors (Lipinski definition) is 5. The molecule has 0 spiro atoms. The van der Waals surface area contributed by atoms with Crippen molar-refractivity contribution in [2.45, 2.75) is 37.4 Å². The largest absolute Gasteiger partial charge is 0.378 e. The van der Waals surface area contributed by atoms with Crippen molar-refractivity contribution in [1.29, 1.82) is 0 Å². The summed E-state index contributed by atoms with van der Waals surface area (Å²) in [4.78, 5) is 12.2. The van der Waals surface area contributed by atoms with Crippen LogP contribution in [-0.2, 0) is 9.53 Å². The molecule has 0 bridgehead atoms. The van der Waals surface area contributed by atoms with Crippen LogP contribution in [0, 0.1) is 5.92 Å². The number of hydrogen-bond donors (Lipinski definition) is 3. The fourth-order valence-electron chi connectivity index (χ4n) is 3.14. The van der Waals surface area contributed by atoms with Crippen molar-refractivity contribution < 1.29 is 9.53 Å². The average Bonchev–Trinajstić information content (AvgIpc) is 2.96. The number of amides is 1. The van der Waals surface area contributed by atoms with Crippen LogP contribution in [0.1, 0.15) is 19.3 Å². The standard InChI is InChI=1S/C13H24N4O2/c1-14-10-2-3-11(4-10)16-13(18)9-5-15-17(6-9)12-7-19-8-12/h9-12,14-15H,2-8H2,1H3,(H,16,18). The Kier molecular flexibility index (Phi) is 4.02. The van der Waals surface area contributed by atoms with Gasteiger partial charge < -0.3 is 15.4 Å². The van der Waals surface area contributed by atoms with Gasteiger partial charge in [-0.1, -0.05) is 0 Å². The van der Waals surface area contributed by atoms with Crippen LogP contribution in [-0.4, -0.2) is 62.4 Å². The quantitative estimate of drug-likeness (QED) is 0.615. The molecule has 1 aliphatic carbocycles. The van der Waals surface area contributed by atoms with Crippen LogP contribution in [0.15, 0.2) is 0 Å². The highest BCUT2D eigenvalue weighted by Crippen LogP contribution is 2.20. The molecule has 0 radical (unpaired) electrons. The number of nitrogens with zero attached hydrogens (tertiary/aromatic N) is 1. The van der Waals surface area contributed by atoms with E-state index < -0.39 is 0 Å². The van der Waals surface area contributed by atoms with Crippen LogP contribution in [0.4, 0.5) is 0 Å². The third-order valence-corrected chi connectivity index (χ3v) is 4.58. The molecule has 2 heterocycles. The predicted octanol–water partition coefficient (Wildman–Crippen LogP) is -0.922. The van der Waals surface area contributed by atoms with Gasteiger partial charge in [-0.2, -0.15) is 0 Å². The van der Waals surface area contributed by atoms with Crippen molar-refractivity contribution in [2.24, 2.45) is 5.92 Å². The lowest BCUT2D eigenvalue weighted by Gasteiger charge is -2.34. The predicted molar refractivity (Wildman–Crippen MR) is 71.4 cm³/mol. The van der Waals surface area contributed by atoms with Crippen molar-refractivity contribution in [1.82, 2.24) is 21.1 Å². The summed E-state index contributed by atoms with van der Waals surface area (Å²) in [5, 5.41) is 8.66. The number of ether oxygens (including phenoxy) is 1. The normalized spacial score (nSPS) is 36.4. The maximum atomic E-state index is 12.2. The van der Waals surface area contributed by atoms with Gasteiger partial charge in [-0.15, -0.1) is 0 Å². The Morgan fingerprint density at radius 1 is 1.32 bits per heavy atom. The third kappa shape index (κ3) is 2.91. The summed E-state index contributed by atoms with van der Waals surface area (Å²) in [5.41, 5.74) is 3.31. The summed E-state index contributed by atoms with van der Waals surface area (Å²) in [5.74, 6) is 0.284. The molecule has 1 amide bonds. The van der Waals surface area contributed by atoms with Gasteiger partial charge in [-0.05, 0) is 26.3 Å². The minimum Gasteiger partial charge on any atom is -0.378 e. The second-order valence-electron chi connectivity index (χ2n) is 5.91. The summed E-state index contributed by atoms with van der Waals surface area (Å²) in [6.45, 7) is 3.13. The first-order chi connectivity index (χ1) is 9.26. The molecule has 108 valence electrons. The first kappa shape index (κ1) is 13.3. The van der Waals surface area contributed by atoms with E-state index in [0.29, 0.717) is 18.1 Å². The summed E-state index contributed by atoms with van der Waals surface area (Å²) in [6, 6.07) is 1.37. The van der Waals surface area contributed by atoms with Crippen LogP contribution >= 0.6 is 0 Å². The minimum atomic E-state index is 0.0780. The zero-order chi connectivity index (χ0) is 13.2. The van der Waals surface area contributed by atoms with E-state index >= 15 is 0 Å². The van der Waals surface area contributed by atoms with E-state index in [0.717, 1.165) is 45.6 Å². The fraction of sp³-hybridized carbons (Fsp3) is 0.923. The zero-order valence-electron chi connectivity index (χ0n) is 11.5. The van der Waals surface area contributed by atoms with Crippen LogP contribution in [0.5, 0.6) is 0 Å². The topological polar surface area (TPSA) is 65.6 Å². The highest BCUT2D eigenvalue weighted by Gasteiger charge is 2.36. The monoisotopic (exact) mass is 268 g/mol. The maximum Gasteiger partial charge on any atom is 0.226 e. The smallest absolute Gasteiger partial charge is 0.226 e. The van der Waals surface area contributed by atoms with Gasteiger partial charge in [0.15, 0.2) is 0 Å². The van der Waals surface area contributed by atoms with E-state index in [1.165, 1.54) is 0 Å². The molecule has 3 N–H and O–H groups in total. The van der Waals surface area contributed by atoms with Gasteiger partial charge in [0, 0.05) is 25.2 Å². The molecule has 1 saturated carbocycles. The van der Waals surface area contributed by atoms with Gasteiger partial charge in [0.2, 0.25) is 5.91 Å². The number of hydrazine groups is 1. The molecule has 3 fully saturated rings. The molecule has 2 aliphatic heterocycles. The average molecular weight is 268 g/mol. The molecule has 0 aromatic heterocycles. The zero-order valence-corrected chi connectivity index (χ0v) is 11.5. The highest BCUT2D eigenvalue weighted by molar-refractivity contribution is 5.79. The Balaban J connectivity index is 1.43. The van der Waals surface area contributed by atoms with Crippen LogP contribution in [0.3, 0.4) is 0 Å². The van der Waals surface area contributed by atoms with Gasteiger partial charge in [-0.3, -0.25) is 10.2 Å². The van der Waals surface area contributed by atoms with Gasteiger partial charge in [-0.25, -0.2) is 5.01 Å². The van der Waals surface area contributed by atoms with Gasteiger partial charge in [0.25, 0.3) is 0 Å². The number of carbonyl (C=O) groups is 1. The lowest BCUT2D eigenvalue weighted by molar-refractivity contribution is -0.125. The van der Waals surface area contributed by atoms with E-state index in [1.807, 2.05) is 7.05 Å². The van der Waals surface area contributed by atoms with Gasteiger partial charge in [0.05, 0.1) is 25.2 Å². The van der Waals surface area contributed by atoms with E-state index in [2.05, 4.69) is 21.1 Å². The fourth-order valence-corrected chi connectivity index (χ4v) is 3.14. The third-order valence-electron chi connectivity index (χ3n) is 4.58. The van der Waals surface area contributed by atoms with Crippen LogP contribution < -0.4 is 16.1 Å². The minimum absolute atomic E-state index is 0.0780. The second kappa shape index (κ2) is 5.75. The summed E-state index contributed by atoms with van der Waals surface area (Å²) in [6.07, 6.45) is 3.32. The Labute approximate surface area is 114 Å². The van der Waals surface area contributed by atoms with Crippen molar-refractivity contribution in [2.75, 3.05) is 33.4 Å². The second-order valence-corrected chi connectivity index (χ2v) is 5.91. The molecule has 0 aromatic carbocycles. The summed E-state index contributed by atoms with van der Waals surface area (Å²) in [7, 11) is 1.99. The molecular weight excluding hydrogens is 244 g/mol. The van der Waals surface area contributed by atoms with Gasteiger partial charge >= 0.3 is 0 Å². The lowest BCUT2D eigenvalue weighted by atomic mass is 10.1. The molecular formula is C13H24N4O2. The number of nitrogens with one attached hydrogen (secondary N) is 3. The van der Waals surface area contributed by atoms with Crippen LogP contribution in [0.2, 0.25) is 0 Å². The highest BCUT2D eigenvalue weighted by atomic mass is 16.5. The van der Waals surface area contributed by atoms with Crippen molar-refractivity contribution in [3.63, 3.8) is 0 Å². The molecule has 3 unspecified atom stereocenters. The molecule has 2 saturated heterocycles. The lowest BCUT2D eigenvalue weighted by Crippen LogP contribution is -2.52. The Bertz CT molecular complexity index is 335. The summed E-state index contributed by atoms with van der Waals surface area (Å²) < 4.78 is 5.19. The molecule has 19 heavy (non-hydrogen) atoms. The first-order valence-electron chi connectivity index (χ1n) is 7.32. The molecule has 3 rings (SSSR count). The first-order valence-corrected chi connectivity index (χ1v) is 7.32. The molecule has 6 nitrogen and oxygen atoms in total. The maximum absolute atomic E-state index is 12.2. The molecule has 3 atom stereocenters. The van der Waals surface area contributed by atoms with Crippen molar-refractivity contribution >= 4 is 5.91 Å². The molecule has 3 aliphatic rings. The van der Waals surface area contributed by atoms with Crippen molar-refractivity contribution in [3.05, 3.63) is 0 Å². The molecule has 0 aromatic rings. The Hall–Kier alpha value is -0.690. The molecule has 6 heteroatoms. The number of rotatable bonds is 4. The number of carbonyl (C=O) groups excluding carboxylic acids is 1. The van der Waals surface area contributed by atoms with Crippen molar-refractivity contribution in [3.8, 4) is 0 Å². The van der Waals surface area contributed by atoms with Crippen LogP contribution in [0.25, 0.3) is 0 Å². The van der Waals surface area contributed by atoms with E-state index in [-0.39, 0.29) is 11.8 Å². The SMILES string of the molecule is CNC1CCC(NC(=O)C2CNN(C3COC3)C2)C1. The van der Waals surface area contributed by atoms with E-state index in [9.17, 15) is 4.79 Å². The Morgan fingerprint density at radius 2 is 2.11 bits per heavy atom. The van der Waals surface area contributed by atoms with Gasteiger partial charge in [0.1, 0.15) is 0 Å².